The Morgan fingerprint density at radius 3 is 2.27 bits per heavy atom. The molecular weight excluding hydrogens is 504 g/mol. The zero-order valence-corrected chi connectivity index (χ0v) is 19.2. The van der Waals surface area contributed by atoms with Gasteiger partial charge in [-0.15, -0.1) is 0 Å². The SMILES string of the molecule is COc1nc2ccc([C@@](O)(c3ccc(C(F)(F)F)nc3)c3cncn3C)cc2c(C#N)c1CC(F)(F)F. The molecule has 0 fully saturated rings. The minimum atomic E-state index is -4.71. The van der Waals surface area contributed by atoms with Crippen LogP contribution < -0.4 is 4.74 Å². The highest BCUT2D eigenvalue weighted by Crippen LogP contribution is 2.40. The fraction of sp³-hybridized carbons (Fsp3) is 0.250. The number of hydrogen-bond donors (Lipinski definition) is 1. The normalized spacial score (nSPS) is 13.8. The topological polar surface area (TPSA) is 96.8 Å². The lowest BCUT2D eigenvalue weighted by Crippen LogP contribution is -2.31. The number of aliphatic hydroxyl groups is 1. The summed E-state index contributed by atoms with van der Waals surface area (Å²) in [7, 11) is 2.67. The molecule has 13 heteroatoms. The number of imidazole rings is 1. The summed E-state index contributed by atoms with van der Waals surface area (Å²) in [6, 6.07) is 7.54. The Balaban J connectivity index is 2.00. The second-order valence-electron chi connectivity index (χ2n) is 8.14. The van der Waals surface area contributed by atoms with Gasteiger partial charge in [-0.1, -0.05) is 12.1 Å². The Labute approximate surface area is 205 Å². The van der Waals surface area contributed by atoms with Gasteiger partial charge in [0.05, 0.1) is 42.8 Å². The Hall–Kier alpha value is -4.18. The molecule has 7 nitrogen and oxygen atoms in total. The number of nitriles is 1. The molecule has 1 N–H and O–H groups in total. The second kappa shape index (κ2) is 9.04. The van der Waals surface area contributed by atoms with Crippen molar-refractivity contribution < 1.29 is 36.2 Å². The maximum atomic E-state index is 13.3. The van der Waals surface area contributed by atoms with E-state index in [9.17, 15) is 36.7 Å². The Kier molecular flexibility index (Phi) is 6.33. The Bertz CT molecular complexity index is 1510. The van der Waals surface area contributed by atoms with Gasteiger partial charge in [-0.3, -0.25) is 4.98 Å². The molecule has 0 aliphatic rings. The fourth-order valence-electron chi connectivity index (χ4n) is 4.11. The summed E-state index contributed by atoms with van der Waals surface area (Å²) in [5.41, 5.74) is -3.97. The number of benzene rings is 1. The highest BCUT2D eigenvalue weighted by molar-refractivity contribution is 5.88. The highest BCUT2D eigenvalue weighted by atomic mass is 19.4. The van der Waals surface area contributed by atoms with Crippen LogP contribution in [0.5, 0.6) is 5.88 Å². The van der Waals surface area contributed by atoms with Crippen LogP contribution in [0.4, 0.5) is 26.3 Å². The molecule has 0 aliphatic carbocycles. The van der Waals surface area contributed by atoms with E-state index in [-0.39, 0.29) is 39.2 Å². The second-order valence-corrected chi connectivity index (χ2v) is 8.14. The van der Waals surface area contributed by atoms with Crippen LogP contribution in [-0.4, -0.2) is 37.9 Å². The molecule has 192 valence electrons. The predicted octanol–water partition coefficient (Wildman–Crippen LogP) is 4.65. The van der Waals surface area contributed by atoms with Crippen molar-refractivity contribution in [2.45, 2.75) is 24.4 Å². The van der Waals surface area contributed by atoms with Crippen LogP contribution in [0, 0.1) is 11.3 Å². The number of methoxy groups -OCH3 is 1. The van der Waals surface area contributed by atoms with Crippen molar-refractivity contribution in [3.8, 4) is 11.9 Å². The van der Waals surface area contributed by atoms with E-state index in [0.29, 0.717) is 6.07 Å². The molecule has 4 aromatic rings. The summed E-state index contributed by atoms with van der Waals surface area (Å²) in [5, 5.41) is 21.7. The molecule has 1 atom stereocenters. The molecule has 0 radical (unpaired) electrons. The van der Waals surface area contributed by atoms with Gasteiger partial charge < -0.3 is 14.4 Å². The summed E-state index contributed by atoms with van der Waals surface area (Å²) >= 11 is 0. The molecule has 0 amide bonds. The van der Waals surface area contributed by atoms with Crippen LogP contribution in [0.25, 0.3) is 10.9 Å². The molecule has 3 heterocycles. The molecule has 0 bridgehead atoms. The first-order valence-corrected chi connectivity index (χ1v) is 10.5. The van der Waals surface area contributed by atoms with E-state index in [4.69, 9.17) is 4.74 Å². The maximum absolute atomic E-state index is 13.3. The summed E-state index contributed by atoms with van der Waals surface area (Å²) in [6.07, 6.45) is -7.38. The van der Waals surface area contributed by atoms with Crippen LogP contribution in [0.2, 0.25) is 0 Å². The van der Waals surface area contributed by atoms with Gasteiger partial charge in [-0.05, 0) is 23.8 Å². The maximum Gasteiger partial charge on any atom is 0.433 e. The number of rotatable bonds is 5. The third kappa shape index (κ3) is 4.67. The van der Waals surface area contributed by atoms with Gasteiger partial charge in [0.1, 0.15) is 11.8 Å². The molecule has 4 rings (SSSR count). The van der Waals surface area contributed by atoms with Crippen LogP contribution in [0.3, 0.4) is 0 Å². The van der Waals surface area contributed by atoms with Crippen molar-refractivity contribution in [1.82, 2.24) is 19.5 Å². The fourth-order valence-corrected chi connectivity index (χ4v) is 4.11. The van der Waals surface area contributed by atoms with Crippen LogP contribution in [-0.2, 0) is 25.2 Å². The zero-order chi connectivity index (χ0) is 27.2. The van der Waals surface area contributed by atoms with Gasteiger partial charge >= 0.3 is 12.4 Å². The van der Waals surface area contributed by atoms with Gasteiger partial charge in [0.25, 0.3) is 0 Å². The number of aromatic nitrogens is 4. The van der Waals surface area contributed by atoms with E-state index in [1.165, 1.54) is 35.3 Å². The number of aryl methyl sites for hydroxylation is 1. The van der Waals surface area contributed by atoms with Crippen LogP contribution in [0.15, 0.2) is 49.1 Å². The van der Waals surface area contributed by atoms with Crippen molar-refractivity contribution in [3.63, 3.8) is 0 Å². The lowest BCUT2D eigenvalue weighted by Gasteiger charge is -2.30. The first-order chi connectivity index (χ1) is 17.3. The molecule has 37 heavy (non-hydrogen) atoms. The average Bonchev–Trinajstić information content (AvgIpc) is 3.27. The zero-order valence-electron chi connectivity index (χ0n) is 19.2. The van der Waals surface area contributed by atoms with Crippen molar-refractivity contribution in [3.05, 3.63) is 82.7 Å². The third-order valence-electron chi connectivity index (χ3n) is 5.81. The van der Waals surface area contributed by atoms with Crippen molar-refractivity contribution in [2.24, 2.45) is 7.05 Å². The minimum absolute atomic E-state index is 0.0134. The van der Waals surface area contributed by atoms with Gasteiger partial charge in [0.2, 0.25) is 5.88 Å². The number of nitrogens with zero attached hydrogens (tertiary/aromatic N) is 5. The molecular formula is C24H17F6N5O2. The smallest absolute Gasteiger partial charge is 0.433 e. The monoisotopic (exact) mass is 521 g/mol. The summed E-state index contributed by atoms with van der Waals surface area (Å²) in [5.74, 6) is -0.372. The number of alkyl halides is 6. The number of fused-ring (bicyclic) bond motifs is 1. The van der Waals surface area contributed by atoms with Crippen molar-refractivity contribution in [1.29, 1.82) is 5.26 Å². The van der Waals surface area contributed by atoms with Gasteiger partial charge in [0.15, 0.2) is 5.60 Å². The molecule has 0 saturated carbocycles. The molecule has 0 unspecified atom stereocenters. The van der Waals surface area contributed by atoms with Gasteiger partial charge in [-0.2, -0.15) is 31.6 Å². The van der Waals surface area contributed by atoms with Gasteiger partial charge in [0, 0.05) is 29.8 Å². The van der Waals surface area contributed by atoms with Crippen LogP contribution >= 0.6 is 0 Å². The Morgan fingerprint density at radius 2 is 1.76 bits per heavy atom. The largest absolute Gasteiger partial charge is 0.481 e. The highest BCUT2D eigenvalue weighted by Gasteiger charge is 2.39. The van der Waals surface area contributed by atoms with Crippen molar-refractivity contribution in [2.75, 3.05) is 7.11 Å². The number of halogens is 6. The lowest BCUT2D eigenvalue weighted by atomic mass is 9.83. The van der Waals surface area contributed by atoms with E-state index in [1.54, 1.807) is 13.1 Å². The van der Waals surface area contributed by atoms with Gasteiger partial charge in [-0.25, -0.2) is 9.97 Å². The predicted molar refractivity (Wildman–Crippen MR) is 117 cm³/mol. The minimum Gasteiger partial charge on any atom is -0.481 e. The first kappa shape index (κ1) is 25.9. The number of hydrogen-bond acceptors (Lipinski definition) is 6. The molecule has 1 aromatic carbocycles. The van der Waals surface area contributed by atoms with E-state index >= 15 is 0 Å². The summed E-state index contributed by atoms with van der Waals surface area (Å²) in [6.45, 7) is 0. The first-order valence-electron chi connectivity index (χ1n) is 10.5. The average molecular weight is 521 g/mol. The molecule has 3 aromatic heterocycles. The van der Waals surface area contributed by atoms with Crippen molar-refractivity contribution >= 4 is 10.9 Å². The van der Waals surface area contributed by atoms with E-state index in [2.05, 4.69) is 15.0 Å². The van der Waals surface area contributed by atoms with Crippen LogP contribution in [0.1, 0.15) is 33.6 Å². The van der Waals surface area contributed by atoms with E-state index in [1.807, 2.05) is 0 Å². The lowest BCUT2D eigenvalue weighted by molar-refractivity contribution is -0.141. The Morgan fingerprint density at radius 1 is 1.05 bits per heavy atom. The van der Waals surface area contributed by atoms with E-state index < -0.39 is 35.6 Å². The molecule has 0 spiro atoms. The quantitative estimate of drug-likeness (QED) is 0.384. The molecule has 0 saturated heterocycles. The summed E-state index contributed by atoms with van der Waals surface area (Å²) in [4.78, 5) is 11.5. The standard InChI is InChI=1S/C24H17F6N5O2/c1-35-12-32-11-20(35)23(36,14-4-6-19(33-10-14)24(28,29)30)13-3-5-18-15(7-13)17(9-31)16(8-22(25,26)27)21(34-18)37-2/h3-7,10-12,36H,8H2,1-2H3/t23-/m1/s1. The summed E-state index contributed by atoms with van der Waals surface area (Å²) < 4.78 is 85.5. The number of pyridine rings is 2. The van der Waals surface area contributed by atoms with E-state index in [0.717, 1.165) is 19.4 Å². The number of ether oxygens (including phenoxy) is 1. The third-order valence-corrected chi connectivity index (χ3v) is 5.81. The molecule has 0 aliphatic heterocycles.